The maximum absolute atomic E-state index is 11.8. The largest absolute Gasteiger partial charge is 0.347 e. The third-order valence-electron chi connectivity index (χ3n) is 2.54. The van der Waals surface area contributed by atoms with Crippen molar-refractivity contribution < 1.29 is 9.59 Å². The van der Waals surface area contributed by atoms with Gasteiger partial charge in [0.2, 0.25) is 11.8 Å². The van der Waals surface area contributed by atoms with Crippen molar-refractivity contribution in [2.75, 3.05) is 27.7 Å². The minimum atomic E-state index is -0.196. The molecule has 5 heteroatoms. The zero-order valence-corrected chi connectivity index (χ0v) is 12.8. The number of likely N-dealkylation sites (N-methyl/N-ethyl adjacent to an activating group) is 2. The number of halogens is 1. The second-order valence-corrected chi connectivity index (χ2v) is 5.28. The first-order valence-electron chi connectivity index (χ1n) is 5.79. The highest BCUT2D eigenvalue weighted by atomic mass is 79.9. The second-order valence-electron chi connectivity index (χ2n) is 4.37. The van der Waals surface area contributed by atoms with E-state index >= 15 is 0 Å². The van der Waals surface area contributed by atoms with Crippen LogP contribution in [0.15, 0.2) is 34.8 Å². The van der Waals surface area contributed by atoms with E-state index in [4.69, 9.17) is 0 Å². The molecule has 19 heavy (non-hydrogen) atoms. The second kappa shape index (κ2) is 7.09. The predicted molar refractivity (Wildman–Crippen MR) is 79.5 cm³/mol. The summed E-state index contributed by atoms with van der Waals surface area (Å²) in [5, 5.41) is 0. The number of amides is 2. The van der Waals surface area contributed by atoms with Crippen molar-refractivity contribution in [2.24, 2.45) is 0 Å². The van der Waals surface area contributed by atoms with Gasteiger partial charge in [0, 0.05) is 31.7 Å². The van der Waals surface area contributed by atoms with Gasteiger partial charge in [0.25, 0.3) is 0 Å². The SMILES string of the molecule is CN(C)C(=O)CN(C)C(=O)/C=C/c1ccc(Br)cc1. The molecule has 0 heterocycles. The van der Waals surface area contributed by atoms with Crippen LogP contribution in [-0.4, -0.2) is 49.3 Å². The first-order valence-corrected chi connectivity index (χ1v) is 6.58. The van der Waals surface area contributed by atoms with E-state index in [1.807, 2.05) is 24.3 Å². The summed E-state index contributed by atoms with van der Waals surface area (Å²) in [5.74, 6) is -0.300. The minimum absolute atomic E-state index is 0.0799. The molecule has 1 aromatic rings. The van der Waals surface area contributed by atoms with Gasteiger partial charge in [-0.1, -0.05) is 28.1 Å². The summed E-state index contributed by atoms with van der Waals surface area (Å²) in [6.07, 6.45) is 3.19. The molecule has 2 amide bonds. The van der Waals surface area contributed by atoms with Crippen molar-refractivity contribution >= 4 is 33.8 Å². The van der Waals surface area contributed by atoms with Crippen molar-refractivity contribution in [3.05, 3.63) is 40.4 Å². The van der Waals surface area contributed by atoms with Crippen LogP contribution in [0.3, 0.4) is 0 Å². The smallest absolute Gasteiger partial charge is 0.246 e. The Morgan fingerprint density at radius 3 is 2.26 bits per heavy atom. The van der Waals surface area contributed by atoms with Gasteiger partial charge in [-0.15, -0.1) is 0 Å². The molecule has 0 aliphatic rings. The molecule has 102 valence electrons. The van der Waals surface area contributed by atoms with Gasteiger partial charge in [-0.2, -0.15) is 0 Å². The van der Waals surface area contributed by atoms with Gasteiger partial charge in [0.1, 0.15) is 0 Å². The lowest BCUT2D eigenvalue weighted by Crippen LogP contribution is -2.36. The van der Waals surface area contributed by atoms with Crippen molar-refractivity contribution in [3.8, 4) is 0 Å². The molecule has 0 aromatic heterocycles. The van der Waals surface area contributed by atoms with E-state index in [0.717, 1.165) is 10.0 Å². The molecule has 0 saturated carbocycles. The fraction of sp³-hybridized carbons (Fsp3) is 0.286. The topological polar surface area (TPSA) is 40.6 Å². The fourth-order valence-electron chi connectivity index (χ4n) is 1.29. The summed E-state index contributed by atoms with van der Waals surface area (Å²) in [6, 6.07) is 7.62. The van der Waals surface area contributed by atoms with Gasteiger partial charge in [0.15, 0.2) is 0 Å². The Balaban J connectivity index is 2.59. The van der Waals surface area contributed by atoms with E-state index in [2.05, 4.69) is 15.9 Å². The summed E-state index contributed by atoms with van der Waals surface area (Å²) in [4.78, 5) is 26.1. The highest BCUT2D eigenvalue weighted by molar-refractivity contribution is 9.10. The number of hydrogen-bond acceptors (Lipinski definition) is 2. The van der Waals surface area contributed by atoms with Gasteiger partial charge in [0.05, 0.1) is 6.54 Å². The fourth-order valence-corrected chi connectivity index (χ4v) is 1.56. The average Bonchev–Trinajstić information content (AvgIpc) is 2.37. The number of carbonyl (C=O) groups excluding carboxylic acids is 2. The summed E-state index contributed by atoms with van der Waals surface area (Å²) >= 11 is 3.35. The number of hydrogen-bond donors (Lipinski definition) is 0. The Morgan fingerprint density at radius 2 is 1.74 bits per heavy atom. The monoisotopic (exact) mass is 324 g/mol. The molecular weight excluding hydrogens is 308 g/mol. The number of carbonyl (C=O) groups is 2. The van der Waals surface area contributed by atoms with Crippen LogP contribution in [0.5, 0.6) is 0 Å². The van der Waals surface area contributed by atoms with E-state index in [-0.39, 0.29) is 18.4 Å². The number of rotatable bonds is 4. The lowest BCUT2D eigenvalue weighted by Gasteiger charge is -2.17. The first kappa shape index (κ1) is 15.4. The van der Waals surface area contributed by atoms with E-state index in [1.165, 1.54) is 15.9 Å². The van der Waals surface area contributed by atoms with Gasteiger partial charge < -0.3 is 9.80 Å². The number of nitrogens with zero attached hydrogens (tertiary/aromatic N) is 2. The molecule has 0 aliphatic carbocycles. The average molecular weight is 325 g/mol. The third kappa shape index (κ3) is 5.26. The molecule has 0 N–H and O–H groups in total. The highest BCUT2D eigenvalue weighted by Gasteiger charge is 2.11. The van der Waals surface area contributed by atoms with E-state index in [0.29, 0.717) is 0 Å². The predicted octanol–water partition coefficient (Wildman–Crippen LogP) is 2.01. The number of benzene rings is 1. The molecular formula is C14H17BrN2O2. The van der Waals surface area contributed by atoms with Gasteiger partial charge >= 0.3 is 0 Å². The summed E-state index contributed by atoms with van der Waals surface area (Å²) in [5.41, 5.74) is 0.934. The molecule has 0 radical (unpaired) electrons. The Bertz CT molecular complexity index is 481. The van der Waals surface area contributed by atoms with Crippen molar-refractivity contribution in [3.63, 3.8) is 0 Å². The van der Waals surface area contributed by atoms with Crippen LogP contribution in [0, 0.1) is 0 Å². The molecule has 0 fully saturated rings. The van der Waals surface area contributed by atoms with Crippen LogP contribution in [0.25, 0.3) is 6.08 Å². The van der Waals surface area contributed by atoms with Crippen molar-refractivity contribution in [2.45, 2.75) is 0 Å². The lowest BCUT2D eigenvalue weighted by atomic mass is 10.2. The maximum atomic E-state index is 11.8. The molecule has 0 unspecified atom stereocenters. The van der Waals surface area contributed by atoms with Crippen LogP contribution < -0.4 is 0 Å². The molecule has 0 bridgehead atoms. The first-order chi connectivity index (χ1) is 8.90. The van der Waals surface area contributed by atoms with Gasteiger partial charge in [-0.25, -0.2) is 0 Å². The van der Waals surface area contributed by atoms with Crippen LogP contribution in [-0.2, 0) is 9.59 Å². The molecule has 0 saturated heterocycles. The van der Waals surface area contributed by atoms with Crippen molar-refractivity contribution in [1.29, 1.82) is 0 Å². The Labute approximate surface area is 121 Å². The molecule has 4 nitrogen and oxygen atoms in total. The summed E-state index contributed by atoms with van der Waals surface area (Å²) < 4.78 is 0.990. The Kier molecular flexibility index (Phi) is 5.76. The quantitative estimate of drug-likeness (QED) is 0.795. The summed E-state index contributed by atoms with van der Waals surface area (Å²) in [6.45, 7) is 0.0799. The molecule has 0 atom stereocenters. The van der Waals surface area contributed by atoms with Crippen LogP contribution in [0.1, 0.15) is 5.56 Å². The highest BCUT2D eigenvalue weighted by Crippen LogP contribution is 2.11. The van der Waals surface area contributed by atoms with E-state index in [1.54, 1.807) is 27.2 Å². The van der Waals surface area contributed by atoms with Gasteiger partial charge in [-0.3, -0.25) is 9.59 Å². The molecule has 1 aromatic carbocycles. The molecule has 1 rings (SSSR count). The third-order valence-corrected chi connectivity index (χ3v) is 3.06. The van der Waals surface area contributed by atoms with Crippen LogP contribution >= 0.6 is 15.9 Å². The maximum Gasteiger partial charge on any atom is 0.246 e. The van der Waals surface area contributed by atoms with E-state index in [9.17, 15) is 9.59 Å². The zero-order valence-electron chi connectivity index (χ0n) is 11.3. The molecule has 0 spiro atoms. The van der Waals surface area contributed by atoms with Crippen molar-refractivity contribution in [1.82, 2.24) is 9.80 Å². The lowest BCUT2D eigenvalue weighted by molar-refractivity contribution is -0.135. The normalized spacial score (nSPS) is 10.5. The van der Waals surface area contributed by atoms with Crippen LogP contribution in [0.2, 0.25) is 0 Å². The summed E-state index contributed by atoms with van der Waals surface area (Å²) in [7, 11) is 4.94. The Hall–Kier alpha value is -1.62. The molecule has 0 aliphatic heterocycles. The van der Waals surface area contributed by atoms with Gasteiger partial charge in [-0.05, 0) is 23.8 Å². The van der Waals surface area contributed by atoms with Crippen LogP contribution in [0.4, 0.5) is 0 Å². The minimum Gasteiger partial charge on any atom is -0.347 e. The van der Waals surface area contributed by atoms with E-state index < -0.39 is 0 Å². The Morgan fingerprint density at radius 1 is 1.16 bits per heavy atom. The zero-order chi connectivity index (χ0) is 14.4. The standard InChI is InChI=1S/C14H17BrN2O2/c1-16(2)14(19)10-17(3)13(18)9-6-11-4-7-12(15)8-5-11/h4-9H,10H2,1-3H3/b9-6+.